The molecule has 1 aromatic heterocycles. The maximum atomic E-state index is 12.1. The Kier molecular flexibility index (Phi) is 4.90. The summed E-state index contributed by atoms with van der Waals surface area (Å²) in [5.74, 6) is 1.88. The molecule has 6 nitrogen and oxygen atoms in total. The lowest BCUT2D eigenvalue weighted by molar-refractivity contribution is 0.237. The minimum Gasteiger partial charge on any atom is -0.332 e. The Balaban J connectivity index is 1.54. The van der Waals surface area contributed by atoms with E-state index >= 15 is 0 Å². The Morgan fingerprint density at radius 1 is 1.22 bits per heavy atom. The van der Waals surface area contributed by atoms with E-state index in [1.54, 1.807) is 0 Å². The summed E-state index contributed by atoms with van der Waals surface area (Å²) in [7, 11) is 0. The summed E-state index contributed by atoms with van der Waals surface area (Å²) in [5, 5.41) is 14.3. The number of aryl methyl sites for hydroxylation is 1. The van der Waals surface area contributed by atoms with E-state index in [0.717, 1.165) is 36.6 Å². The molecule has 0 saturated carbocycles. The second-order valence-electron chi connectivity index (χ2n) is 5.95. The minimum atomic E-state index is -0.188. The summed E-state index contributed by atoms with van der Waals surface area (Å²) in [6, 6.07) is 9.69. The first-order valence-corrected chi connectivity index (χ1v) is 8.24. The molecule has 0 radical (unpaired) electrons. The van der Waals surface area contributed by atoms with Gasteiger partial charge in [0.2, 0.25) is 0 Å². The van der Waals surface area contributed by atoms with Gasteiger partial charge in [0, 0.05) is 13.0 Å². The Hall–Kier alpha value is -2.37. The van der Waals surface area contributed by atoms with Crippen LogP contribution < -0.4 is 10.6 Å². The third kappa shape index (κ3) is 3.88. The molecule has 0 bridgehead atoms. The summed E-state index contributed by atoms with van der Waals surface area (Å²) in [4.78, 5) is 12.1. The monoisotopic (exact) mass is 313 g/mol. The summed E-state index contributed by atoms with van der Waals surface area (Å²) in [6.45, 7) is 3.32. The molecule has 122 valence electrons. The summed E-state index contributed by atoms with van der Waals surface area (Å²) in [6.07, 6.45) is 4.52. The topological polar surface area (TPSA) is 71.8 Å². The lowest BCUT2D eigenvalue weighted by Crippen LogP contribution is -2.37. The number of nitrogens with zero attached hydrogens (tertiary/aromatic N) is 3. The van der Waals surface area contributed by atoms with Gasteiger partial charge in [-0.2, -0.15) is 0 Å². The molecular weight excluding hydrogens is 290 g/mol. The van der Waals surface area contributed by atoms with Crippen molar-refractivity contribution in [1.82, 2.24) is 25.4 Å². The van der Waals surface area contributed by atoms with Crippen LogP contribution in [0.2, 0.25) is 0 Å². The van der Waals surface area contributed by atoms with E-state index in [9.17, 15) is 4.79 Å². The summed E-state index contributed by atoms with van der Waals surface area (Å²) in [5.41, 5.74) is 1.08. The lowest BCUT2D eigenvalue weighted by Gasteiger charge is -2.15. The molecule has 3 rings (SSSR count). The molecular formula is C17H23N5O. The van der Waals surface area contributed by atoms with E-state index in [2.05, 4.69) is 25.4 Å². The van der Waals surface area contributed by atoms with Crippen LogP contribution in [0.5, 0.6) is 0 Å². The van der Waals surface area contributed by atoms with Crippen LogP contribution in [0.15, 0.2) is 30.3 Å². The molecule has 23 heavy (non-hydrogen) atoms. The third-order valence-electron chi connectivity index (χ3n) is 4.24. The average molecular weight is 313 g/mol. The summed E-state index contributed by atoms with van der Waals surface area (Å²) >= 11 is 0. The van der Waals surface area contributed by atoms with Gasteiger partial charge in [-0.25, -0.2) is 4.79 Å². The molecule has 0 spiro atoms. The van der Waals surface area contributed by atoms with Gasteiger partial charge >= 0.3 is 6.03 Å². The molecule has 0 aliphatic carbocycles. The first kappa shape index (κ1) is 15.5. The predicted molar refractivity (Wildman–Crippen MR) is 87.8 cm³/mol. The zero-order chi connectivity index (χ0) is 16.1. The van der Waals surface area contributed by atoms with Gasteiger partial charge in [-0.05, 0) is 25.3 Å². The van der Waals surface area contributed by atoms with E-state index in [-0.39, 0.29) is 12.1 Å². The first-order valence-electron chi connectivity index (χ1n) is 8.24. The predicted octanol–water partition coefficient (Wildman–Crippen LogP) is 2.56. The van der Waals surface area contributed by atoms with Crippen molar-refractivity contribution >= 4 is 6.03 Å². The highest BCUT2D eigenvalue weighted by Gasteiger charge is 2.15. The number of hydrogen-bond donors (Lipinski definition) is 2. The number of urea groups is 1. The Bertz CT molecular complexity index is 652. The van der Waals surface area contributed by atoms with E-state index in [1.807, 2.05) is 37.3 Å². The fraction of sp³-hybridized carbons (Fsp3) is 0.471. The standard InChI is InChI=1S/C17H23N5O/c1-13(14-8-4-2-5-9-14)19-17(23)18-12-16-21-20-15-10-6-3-7-11-22(15)16/h2,4-5,8-9,13H,3,6-7,10-12H2,1H3,(H2,18,19,23). The Labute approximate surface area is 136 Å². The van der Waals surface area contributed by atoms with Gasteiger partial charge in [0.1, 0.15) is 5.82 Å². The Morgan fingerprint density at radius 3 is 2.87 bits per heavy atom. The fourth-order valence-corrected chi connectivity index (χ4v) is 2.91. The molecule has 2 aromatic rings. The molecule has 2 N–H and O–H groups in total. The van der Waals surface area contributed by atoms with Crippen molar-refractivity contribution in [1.29, 1.82) is 0 Å². The van der Waals surface area contributed by atoms with Crippen LogP contribution in [-0.2, 0) is 19.5 Å². The molecule has 1 aliphatic rings. The number of hydrogen-bond acceptors (Lipinski definition) is 3. The molecule has 0 saturated heterocycles. The van der Waals surface area contributed by atoms with Crippen LogP contribution in [0.1, 0.15) is 49.4 Å². The number of aromatic nitrogens is 3. The summed E-state index contributed by atoms with van der Waals surface area (Å²) < 4.78 is 2.15. The van der Waals surface area contributed by atoms with Crippen molar-refractivity contribution in [2.24, 2.45) is 0 Å². The molecule has 2 heterocycles. The quantitative estimate of drug-likeness (QED) is 0.911. The van der Waals surface area contributed by atoms with Crippen LogP contribution in [0.25, 0.3) is 0 Å². The van der Waals surface area contributed by atoms with Gasteiger partial charge in [0.15, 0.2) is 5.82 Å². The second-order valence-corrected chi connectivity index (χ2v) is 5.95. The highest BCUT2D eigenvalue weighted by atomic mass is 16.2. The number of benzene rings is 1. The van der Waals surface area contributed by atoms with Gasteiger partial charge < -0.3 is 15.2 Å². The van der Waals surface area contributed by atoms with E-state index in [0.29, 0.717) is 6.54 Å². The maximum Gasteiger partial charge on any atom is 0.315 e. The third-order valence-corrected chi connectivity index (χ3v) is 4.24. The van der Waals surface area contributed by atoms with Crippen LogP contribution >= 0.6 is 0 Å². The van der Waals surface area contributed by atoms with Crippen LogP contribution in [0.3, 0.4) is 0 Å². The highest BCUT2D eigenvalue weighted by Crippen LogP contribution is 2.14. The van der Waals surface area contributed by atoms with Crippen LogP contribution in [-0.4, -0.2) is 20.8 Å². The van der Waals surface area contributed by atoms with Gasteiger partial charge in [-0.1, -0.05) is 36.8 Å². The van der Waals surface area contributed by atoms with Crippen molar-refractivity contribution in [2.45, 2.75) is 51.7 Å². The number of rotatable bonds is 4. The zero-order valence-corrected chi connectivity index (χ0v) is 13.5. The largest absolute Gasteiger partial charge is 0.332 e. The number of nitrogens with one attached hydrogen (secondary N) is 2. The first-order chi connectivity index (χ1) is 11.2. The van der Waals surface area contributed by atoms with Crippen molar-refractivity contribution in [2.75, 3.05) is 0 Å². The fourth-order valence-electron chi connectivity index (χ4n) is 2.91. The molecule has 0 fully saturated rings. The van der Waals surface area contributed by atoms with Gasteiger partial charge in [0.25, 0.3) is 0 Å². The SMILES string of the molecule is CC(NC(=O)NCc1nnc2n1CCCCC2)c1ccccc1. The van der Waals surface area contributed by atoms with Crippen molar-refractivity contribution in [3.8, 4) is 0 Å². The lowest BCUT2D eigenvalue weighted by atomic mass is 10.1. The molecule has 1 aliphatic heterocycles. The highest BCUT2D eigenvalue weighted by molar-refractivity contribution is 5.74. The average Bonchev–Trinajstić information content (AvgIpc) is 2.80. The molecule has 1 unspecified atom stereocenters. The van der Waals surface area contributed by atoms with E-state index in [1.165, 1.54) is 12.8 Å². The molecule has 1 aromatic carbocycles. The molecule has 2 amide bonds. The van der Waals surface area contributed by atoms with Gasteiger partial charge in [-0.15, -0.1) is 10.2 Å². The number of amides is 2. The smallest absolute Gasteiger partial charge is 0.315 e. The molecule has 6 heteroatoms. The second kappa shape index (κ2) is 7.26. The zero-order valence-electron chi connectivity index (χ0n) is 13.5. The van der Waals surface area contributed by atoms with Crippen molar-refractivity contribution in [3.63, 3.8) is 0 Å². The minimum absolute atomic E-state index is 0.0354. The number of carbonyl (C=O) groups excluding carboxylic acids is 1. The molecule has 1 atom stereocenters. The number of fused-ring (bicyclic) bond motifs is 1. The van der Waals surface area contributed by atoms with Gasteiger partial charge in [0.05, 0.1) is 12.6 Å². The Morgan fingerprint density at radius 2 is 2.04 bits per heavy atom. The normalized spacial score (nSPS) is 15.3. The maximum absolute atomic E-state index is 12.1. The van der Waals surface area contributed by atoms with E-state index in [4.69, 9.17) is 0 Å². The van der Waals surface area contributed by atoms with Gasteiger partial charge in [-0.3, -0.25) is 0 Å². The number of carbonyl (C=O) groups is 1. The van der Waals surface area contributed by atoms with Crippen LogP contribution in [0.4, 0.5) is 4.79 Å². The van der Waals surface area contributed by atoms with Crippen molar-refractivity contribution < 1.29 is 4.79 Å². The van der Waals surface area contributed by atoms with Crippen molar-refractivity contribution in [3.05, 3.63) is 47.5 Å². The van der Waals surface area contributed by atoms with Crippen LogP contribution in [0, 0.1) is 0 Å². The van der Waals surface area contributed by atoms with E-state index < -0.39 is 0 Å².